The van der Waals surface area contributed by atoms with Gasteiger partial charge in [-0.25, -0.2) is 21.3 Å². The highest BCUT2D eigenvalue weighted by Gasteiger charge is 2.03. The highest BCUT2D eigenvalue weighted by atomic mass is 16.6. The van der Waals surface area contributed by atoms with Crippen molar-refractivity contribution in [2.75, 3.05) is 0 Å². The Kier molecular flexibility index (Phi) is 3.09. The first-order valence-corrected chi connectivity index (χ1v) is 1.89. The standard InChI is InChI=1S/C2H6N4O3/c3-5-1(7)9-2(8)6-4/h3-4H2,(H,5,7)(H,6,8). The van der Waals surface area contributed by atoms with Crippen LogP contribution in [-0.2, 0) is 4.74 Å². The molecule has 0 aliphatic heterocycles. The van der Waals surface area contributed by atoms with Gasteiger partial charge in [0.05, 0.1) is 0 Å². The van der Waals surface area contributed by atoms with Crippen molar-refractivity contribution in [1.29, 1.82) is 0 Å². The van der Waals surface area contributed by atoms with Crippen LogP contribution < -0.4 is 22.5 Å². The van der Waals surface area contributed by atoms with Gasteiger partial charge in [0.25, 0.3) is 0 Å². The largest absolute Gasteiger partial charge is 0.430 e. The van der Waals surface area contributed by atoms with Gasteiger partial charge in [0, 0.05) is 0 Å². The van der Waals surface area contributed by atoms with Crippen LogP contribution in [-0.4, -0.2) is 12.2 Å². The van der Waals surface area contributed by atoms with E-state index in [0.717, 1.165) is 0 Å². The van der Waals surface area contributed by atoms with Crippen LogP contribution in [0.3, 0.4) is 0 Å². The third-order valence-electron chi connectivity index (χ3n) is 0.421. The van der Waals surface area contributed by atoms with Gasteiger partial charge >= 0.3 is 12.2 Å². The molecule has 7 nitrogen and oxygen atoms in total. The molecule has 52 valence electrons. The highest BCUT2D eigenvalue weighted by molar-refractivity contribution is 5.82. The summed E-state index contributed by atoms with van der Waals surface area (Å²) in [4.78, 5) is 20.0. The molecule has 0 unspecified atom stereocenters. The minimum Gasteiger partial charge on any atom is -0.357 e. The summed E-state index contributed by atoms with van der Waals surface area (Å²) in [6.07, 6.45) is -2.14. The van der Waals surface area contributed by atoms with Crippen molar-refractivity contribution in [3.8, 4) is 0 Å². The molecule has 9 heavy (non-hydrogen) atoms. The van der Waals surface area contributed by atoms with Gasteiger partial charge < -0.3 is 4.74 Å². The number of carbonyl (C=O) groups excluding carboxylic acids is 2. The second kappa shape index (κ2) is 3.64. The van der Waals surface area contributed by atoms with Gasteiger partial charge in [-0.15, -0.1) is 0 Å². The van der Waals surface area contributed by atoms with Crippen molar-refractivity contribution in [3.05, 3.63) is 0 Å². The Morgan fingerprint density at radius 1 is 1.11 bits per heavy atom. The first-order chi connectivity index (χ1) is 4.20. The maximum absolute atomic E-state index is 10.0. The molecular formula is C2H6N4O3. The Balaban J connectivity index is 3.47. The summed E-state index contributed by atoms with van der Waals surface area (Å²) in [5, 5.41) is 0. The molecule has 0 saturated heterocycles. The van der Waals surface area contributed by atoms with Crippen molar-refractivity contribution < 1.29 is 14.3 Å². The number of hydrogen-bond acceptors (Lipinski definition) is 5. The summed E-state index contributed by atoms with van der Waals surface area (Å²) >= 11 is 0. The minimum absolute atomic E-state index is 1.07. The van der Waals surface area contributed by atoms with Gasteiger partial charge in [-0.1, -0.05) is 0 Å². The SMILES string of the molecule is NNC(=O)OC(=O)NN. The molecule has 0 bridgehead atoms. The van der Waals surface area contributed by atoms with Crippen molar-refractivity contribution in [1.82, 2.24) is 10.9 Å². The molecular weight excluding hydrogens is 128 g/mol. The number of rotatable bonds is 0. The molecule has 6 N–H and O–H groups in total. The van der Waals surface area contributed by atoms with Crippen LogP contribution in [0.1, 0.15) is 0 Å². The Bertz CT molecular complexity index is 109. The highest BCUT2D eigenvalue weighted by Crippen LogP contribution is 1.73. The van der Waals surface area contributed by atoms with E-state index >= 15 is 0 Å². The summed E-state index contributed by atoms with van der Waals surface area (Å²) in [6.45, 7) is 0. The lowest BCUT2D eigenvalue weighted by molar-refractivity contribution is 0.150. The van der Waals surface area contributed by atoms with Crippen molar-refractivity contribution in [3.63, 3.8) is 0 Å². The van der Waals surface area contributed by atoms with Gasteiger partial charge in [0.2, 0.25) is 0 Å². The quantitative estimate of drug-likeness (QED) is 0.134. The first kappa shape index (κ1) is 7.66. The number of nitrogens with one attached hydrogen (secondary N) is 2. The number of ether oxygens (including phenoxy) is 1. The van der Waals surface area contributed by atoms with Gasteiger partial charge in [0.15, 0.2) is 0 Å². The maximum Gasteiger partial charge on any atom is 0.430 e. The fourth-order valence-corrected chi connectivity index (χ4v) is 0.143. The number of amides is 2. The number of hydrogen-bond donors (Lipinski definition) is 4. The zero-order valence-electron chi connectivity index (χ0n) is 4.38. The van der Waals surface area contributed by atoms with E-state index in [1.807, 2.05) is 0 Å². The molecule has 2 amide bonds. The van der Waals surface area contributed by atoms with Gasteiger partial charge in [-0.3, -0.25) is 10.9 Å². The van der Waals surface area contributed by atoms with Gasteiger partial charge in [-0.05, 0) is 0 Å². The van der Waals surface area contributed by atoms with Crippen molar-refractivity contribution in [2.24, 2.45) is 11.7 Å². The molecule has 7 heteroatoms. The smallest absolute Gasteiger partial charge is 0.357 e. The molecule has 0 radical (unpaired) electrons. The van der Waals surface area contributed by atoms with Crippen LogP contribution in [0.25, 0.3) is 0 Å². The van der Waals surface area contributed by atoms with Crippen LogP contribution in [0, 0.1) is 0 Å². The van der Waals surface area contributed by atoms with Crippen LogP contribution >= 0.6 is 0 Å². The zero-order valence-corrected chi connectivity index (χ0v) is 4.38. The predicted molar refractivity (Wildman–Crippen MR) is 26.5 cm³/mol. The van der Waals surface area contributed by atoms with E-state index in [0.29, 0.717) is 0 Å². The van der Waals surface area contributed by atoms with Crippen molar-refractivity contribution >= 4 is 12.2 Å². The number of carbonyl (C=O) groups is 2. The third kappa shape index (κ3) is 3.26. The number of nitrogens with two attached hydrogens (primary N) is 2. The summed E-state index contributed by atoms with van der Waals surface area (Å²) in [7, 11) is 0. The third-order valence-corrected chi connectivity index (χ3v) is 0.421. The molecule has 0 atom stereocenters. The van der Waals surface area contributed by atoms with Crippen molar-refractivity contribution in [2.45, 2.75) is 0 Å². The van der Waals surface area contributed by atoms with E-state index in [4.69, 9.17) is 0 Å². The molecule has 0 aromatic rings. The second-order valence-corrected chi connectivity index (χ2v) is 0.966. The molecule has 0 rings (SSSR count). The van der Waals surface area contributed by atoms with Crippen LogP contribution in [0.4, 0.5) is 9.59 Å². The molecule has 0 aromatic carbocycles. The van der Waals surface area contributed by atoms with Crippen LogP contribution in [0.15, 0.2) is 0 Å². The van der Waals surface area contributed by atoms with Crippen LogP contribution in [0.2, 0.25) is 0 Å². The summed E-state index contributed by atoms with van der Waals surface area (Å²) < 4.78 is 3.80. The molecule has 0 spiro atoms. The Morgan fingerprint density at radius 3 is 1.67 bits per heavy atom. The Labute approximate surface area is 50.3 Å². The molecule has 0 aliphatic carbocycles. The summed E-state index contributed by atoms with van der Waals surface area (Å²) in [5.41, 5.74) is 3.11. The lowest BCUT2D eigenvalue weighted by Crippen LogP contribution is -2.38. The predicted octanol–water partition coefficient (Wildman–Crippen LogP) is -1.83. The van der Waals surface area contributed by atoms with E-state index < -0.39 is 12.2 Å². The van der Waals surface area contributed by atoms with E-state index in [1.54, 1.807) is 10.9 Å². The van der Waals surface area contributed by atoms with E-state index in [2.05, 4.69) is 16.4 Å². The van der Waals surface area contributed by atoms with Crippen LogP contribution in [0.5, 0.6) is 0 Å². The Morgan fingerprint density at radius 2 is 1.44 bits per heavy atom. The fourth-order valence-electron chi connectivity index (χ4n) is 0.143. The first-order valence-electron chi connectivity index (χ1n) is 1.89. The fraction of sp³-hybridized carbons (Fsp3) is 0. The normalized spacial score (nSPS) is 7.78. The topological polar surface area (TPSA) is 119 Å². The minimum atomic E-state index is -1.07. The zero-order chi connectivity index (χ0) is 7.28. The maximum atomic E-state index is 10.0. The van der Waals surface area contributed by atoms with Gasteiger partial charge in [-0.2, -0.15) is 0 Å². The molecule has 0 heterocycles. The van der Waals surface area contributed by atoms with E-state index in [1.165, 1.54) is 0 Å². The molecule has 0 aliphatic rings. The molecule has 0 fully saturated rings. The van der Waals surface area contributed by atoms with E-state index in [9.17, 15) is 9.59 Å². The second-order valence-electron chi connectivity index (χ2n) is 0.966. The van der Waals surface area contributed by atoms with Gasteiger partial charge in [0.1, 0.15) is 0 Å². The summed E-state index contributed by atoms with van der Waals surface area (Å²) in [5.74, 6) is 9.06. The molecule has 0 aromatic heterocycles. The lowest BCUT2D eigenvalue weighted by atomic mass is 11.1. The average molecular weight is 134 g/mol. The lowest BCUT2D eigenvalue weighted by Gasteiger charge is -1.97. The Hall–Kier alpha value is -1.34. The molecule has 0 saturated carbocycles. The monoisotopic (exact) mass is 134 g/mol. The number of hydrazine groups is 2. The summed E-state index contributed by atoms with van der Waals surface area (Å²) in [6, 6.07) is 0. The average Bonchev–Trinajstić information content (AvgIpc) is 1.87. The van der Waals surface area contributed by atoms with E-state index in [-0.39, 0.29) is 0 Å².